The Morgan fingerprint density at radius 3 is 2.21 bits per heavy atom. The lowest BCUT2D eigenvalue weighted by molar-refractivity contribution is -1.02. The number of hydrogen-bond donors (Lipinski definition) is 2. The van der Waals surface area contributed by atoms with Crippen molar-refractivity contribution in [1.82, 2.24) is 10.2 Å². The van der Waals surface area contributed by atoms with E-state index < -0.39 is 0 Å². The number of ether oxygens (including phenoxy) is 2. The van der Waals surface area contributed by atoms with Gasteiger partial charge in [-0.3, -0.25) is 0 Å². The number of hydrogen-bond acceptors (Lipinski definition) is 5. The van der Waals surface area contributed by atoms with Crippen LogP contribution in [0.4, 0.5) is 0 Å². The maximum Gasteiger partial charge on any atom is 0.271 e. The molecular weight excluding hydrogens is 308 g/mol. The lowest BCUT2D eigenvalue weighted by Crippen LogP contribution is -3.27. The molecule has 1 saturated heterocycles. The summed E-state index contributed by atoms with van der Waals surface area (Å²) in [6, 6.07) is 6.17. The summed E-state index contributed by atoms with van der Waals surface area (Å²) in [4.78, 5) is 3.10. The van der Waals surface area contributed by atoms with Gasteiger partial charge in [0.25, 0.3) is 5.89 Å². The lowest BCUT2D eigenvalue weighted by Gasteiger charge is -2.29. The van der Waals surface area contributed by atoms with Gasteiger partial charge in [-0.25, -0.2) is 0 Å². The molecule has 7 nitrogen and oxygen atoms in total. The fraction of sp³-hybridized carbons (Fsp3) is 0.529. The zero-order chi connectivity index (χ0) is 16.9. The normalized spacial score (nSPS) is 20.8. The summed E-state index contributed by atoms with van der Waals surface area (Å²) in [5.41, 5.74) is 1.28. The van der Waals surface area contributed by atoms with Crippen molar-refractivity contribution in [3.8, 4) is 11.5 Å². The maximum absolute atomic E-state index is 5.48. The molecule has 0 atom stereocenters. The van der Waals surface area contributed by atoms with E-state index in [0.717, 1.165) is 56.7 Å². The standard InChI is InChI=1S/C17H24N4O3/c1-13-18-19-17(24-13)12-21-8-6-20(7-9-21)11-14-4-5-15(22-2)16(10-14)23-3/h4-5,10H,6-9,11-12H2,1-3H3/p+2. The lowest BCUT2D eigenvalue weighted by atomic mass is 10.1. The summed E-state index contributed by atoms with van der Waals surface area (Å²) in [7, 11) is 3.34. The van der Waals surface area contributed by atoms with Crippen LogP contribution in [-0.2, 0) is 13.1 Å². The Balaban J connectivity index is 1.52. The third-order valence-electron chi connectivity index (χ3n) is 4.54. The van der Waals surface area contributed by atoms with Gasteiger partial charge in [-0.1, -0.05) is 0 Å². The molecule has 0 amide bonds. The number of rotatable bonds is 6. The number of quaternary nitrogens is 2. The second-order valence-corrected chi connectivity index (χ2v) is 6.26. The maximum atomic E-state index is 5.48. The summed E-state index contributed by atoms with van der Waals surface area (Å²) in [6.45, 7) is 8.16. The first-order chi connectivity index (χ1) is 11.7. The average molecular weight is 334 g/mol. The molecule has 1 aliphatic rings. The van der Waals surface area contributed by atoms with Gasteiger partial charge < -0.3 is 23.7 Å². The highest BCUT2D eigenvalue weighted by Gasteiger charge is 2.25. The van der Waals surface area contributed by atoms with Gasteiger partial charge in [-0.05, 0) is 18.2 Å². The molecule has 2 heterocycles. The van der Waals surface area contributed by atoms with Crippen LogP contribution in [0.15, 0.2) is 22.6 Å². The molecular formula is C17H26N4O3+2. The number of aryl methyl sites for hydroxylation is 1. The first kappa shape index (κ1) is 16.7. The molecule has 0 spiro atoms. The molecule has 0 bridgehead atoms. The Labute approximate surface area is 142 Å². The Kier molecular flexibility index (Phi) is 5.32. The van der Waals surface area contributed by atoms with Gasteiger partial charge in [0.15, 0.2) is 18.0 Å². The van der Waals surface area contributed by atoms with Crippen molar-refractivity contribution < 1.29 is 23.7 Å². The van der Waals surface area contributed by atoms with Gasteiger partial charge in [-0.2, -0.15) is 0 Å². The van der Waals surface area contributed by atoms with Crippen LogP contribution in [0.2, 0.25) is 0 Å². The Morgan fingerprint density at radius 1 is 0.958 bits per heavy atom. The van der Waals surface area contributed by atoms with Crippen LogP contribution in [0.1, 0.15) is 17.3 Å². The Hall–Kier alpha value is -2.12. The van der Waals surface area contributed by atoms with Gasteiger partial charge in [0.1, 0.15) is 32.7 Å². The number of benzene rings is 1. The van der Waals surface area contributed by atoms with Crippen LogP contribution in [0.3, 0.4) is 0 Å². The van der Waals surface area contributed by atoms with Crippen molar-refractivity contribution in [3.63, 3.8) is 0 Å². The van der Waals surface area contributed by atoms with E-state index in [4.69, 9.17) is 13.9 Å². The summed E-state index contributed by atoms with van der Waals surface area (Å²) in [5.74, 6) is 2.96. The number of nitrogens with one attached hydrogen (secondary N) is 2. The predicted octanol–water partition coefficient (Wildman–Crippen LogP) is -1.12. The third kappa shape index (κ3) is 4.04. The van der Waals surface area contributed by atoms with E-state index in [2.05, 4.69) is 22.3 Å². The molecule has 0 radical (unpaired) electrons. The zero-order valence-corrected chi connectivity index (χ0v) is 14.6. The second-order valence-electron chi connectivity index (χ2n) is 6.26. The van der Waals surface area contributed by atoms with Gasteiger partial charge in [0, 0.05) is 12.5 Å². The molecule has 0 aliphatic carbocycles. The minimum absolute atomic E-state index is 0.641. The fourth-order valence-electron chi connectivity index (χ4n) is 3.21. The van der Waals surface area contributed by atoms with Crippen molar-refractivity contribution in [3.05, 3.63) is 35.5 Å². The number of nitrogens with zero attached hydrogens (tertiary/aromatic N) is 2. The largest absolute Gasteiger partial charge is 0.493 e. The first-order valence-corrected chi connectivity index (χ1v) is 8.35. The Morgan fingerprint density at radius 2 is 1.62 bits per heavy atom. The summed E-state index contributed by atoms with van der Waals surface area (Å²) < 4.78 is 16.2. The molecule has 2 aromatic rings. The van der Waals surface area contributed by atoms with E-state index in [-0.39, 0.29) is 0 Å². The molecule has 0 saturated carbocycles. The zero-order valence-electron chi connectivity index (χ0n) is 14.6. The smallest absolute Gasteiger partial charge is 0.271 e. The van der Waals surface area contributed by atoms with E-state index in [1.165, 1.54) is 10.5 Å². The van der Waals surface area contributed by atoms with Crippen molar-refractivity contribution >= 4 is 0 Å². The van der Waals surface area contributed by atoms with Crippen molar-refractivity contribution in [2.24, 2.45) is 0 Å². The highest BCUT2D eigenvalue weighted by Crippen LogP contribution is 2.27. The van der Waals surface area contributed by atoms with Crippen molar-refractivity contribution in [2.75, 3.05) is 40.4 Å². The van der Waals surface area contributed by atoms with Crippen LogP contribution in [0.5, 0.6) is 11.5 Å². The molecule has 1 aliphatic heterocycles. The van der Waals surface area contributed by atoms with Gasteiger partial charge >= 0.3 is 0 Å². The molecule has 2 N–H and O–H groups in total. The summed E-state index contributed by atoms with van der Waals surface area (Å²) >= 11 is 0. The molecule has 7 heteroatoms. The van der Waals surface area contributed by atoms with E-state index >= 15 is 0 Å². The molecule has 24 heavy (non-hydrogen) atoms. The Bertz CT molecular complexity index is 666. The van der Waals surface area contributed by atoms with E-state index in [1.54, 1.807) is 19.1 Å². The second kappa shape index (κ2) is 7.63. The van der Waals surface area contributed by atoms with Crippen LogP contribution < -0.4 is 19.3 Å². The number of piperazine rings is 1. The monoisotopic (exact) mass is 334 g/mol. The molecule has 1 aromatic heterocycles. The van der Waals surface area contributed by atoms with Crippen LogP contribution >= 0.6 is 0 Å². The molecule has 3 rings (SSSR count). The average Bonchev–Trinajstić information content (AvgIpc) is 3.01. The minimum Gasteiger partial charge on any atom is -0.493 e. The summed E-state index contributed by atoms with van der Waals surface area (Å²) in [6.07, 6.45) is 0. The summed E-state index contributed by atoms with van der Waals surface area (Å²) in [5, 5.41) is 7.99. The van der Waals surface area contributed by atoms with Crippen LogP contribution in [0.25, 0.3) is 0 Å². The van der Waals surface area contributed by atoms with Crippen molar-refractivity contribution in [1.29, 1.82) is 0 Å². The number of methoxy groups -OCH3 is 2. The number of aromatic nitrogens is 2. The van der Waals surface area contributed by atoms with Crippen molar-refractivity contribution in [2.45, 2.75) is 20.0 Å². The molecule has 130 valence electrons. The van der Waals surface area contributed by atoms with Gasteiger partial charge in [0.2, 0.25) is 5.89 Å². The highest BCUT2D eigenvalue weighted by atomic mass is 16.5. The predicted molar refractivity (Wildman–Crippen MR) is 87.4 cm³/mol. The van der Waals surface area contributed by atoms with E-state index in [1.807, 2.05) is 13.0 Å². The van der Waals surface area contributed by atoms with E-state index in [9.17, 15) is 0 Å². The van der Waals surface area contributed by atoms with Gasteiger partial charge in [-0.15, -0.1) is 10.2 Å². The van der Waals surface area contributed by atoms with Crippen LogP contribution in [0, 0.1) is 6.92 Å². The highest BCUT2D eigenvalue weighted by molar-refractivity contribution is 5.42. The molecule has 1 aromatic carbocycles. The SMILES string of the molecule is COc1ccc(C[NH+]2CC[NH+](Cc3nnc(C)o3)CC2)cc1OC. The van der Waals surface area contributed by atoms with E-state index in [0.29, 0.717) is 5.89 Å². The molecule has 1 fully saturated rings. The molecule has 0 unspecified atom stereocenters. The third-order valence-corrected chi connectivity index (χ3v) is 4.54. The first-order valence-electron chi connectivity index (χ1n) is 8.35. The fourth-order valence-corrected chi connectivity index (χ4v) is 3.21. The quantitative estimate of drug-likeness (QED) is 0.701. The minimum atomic E-state index is 0.641. The van der Waals surface area contributed by atoms with Crippen LogP contribution in [-0.4, -0.2) is 50.6 Å². The van der Waals surface area contributed by atoms with Gasteiger partial charge in [0.05, 0.1) is 14.2 Å². The topological polar surface area (TPSA) is 66.3 Å².